The number of alkyl halides is 3. The van der Waals surface area contributed by atoms with Crippen LogP contribution in [0.4, 0.5) is 26.3 Å². The minimum absolute atomic E-state index is 0.134. The lowest BCUT2D eigenvalue weighted by Crippen LogP contribution is -2.37. The molecule has 1 fully saturated rings. The van der Waals surface area contributed by atoms with E-state index in [1.165, 1.54) is 12.1 Å². The summed E-state index contributed by atoms with van der Waals surface area (Å²) in [6.45, 7) is 3.53. The van der Waals surface area contributed by atoms with Gasteiger partial charge in [-0.3, -0.25) is 0 Å². The van der Waals surface area contributed by atoms with Gasteiger partial charge in [0.25, 0.3) is 0 Å². The molecule has 0 bridgehead atoms. The van der Waals surface area contributed by atoms with Gasteiger partial charge in [-0.15, -0.1) is 13.2 Å². The summed E-state index contributed by atoms with van der Waals surface area (Å²) in [5.41, 5.74) is 1.21. The molecular formula is C26H26F6O3. The second kappa shape index (κ2) is 10.6. The molecule has 9 heteroatoms. The predicted octanol–water partition coefficient (Wildman–Crippen LogP) is 7.64. The lowest BCUT2D eigenvalue weighted by molar-refractivity contribution is -0.276. The van der Waals surface area contributed by atoms with Crippen molar-refractivity contribution in [1.29, 1.82) is 0 Å². The van der Waals surface area contributed by atoms with E-state index in [2.05, 4.69) is 11.7 Å². The normalized spacial score (nSPS) is 23.2. The maximum atomic E-state index is 14.9. The Bertz CT molecular complexity index is 1050. The predicted molar refractivity (Wildman–Crippen MR) is 118 cm³/mol. The molecule has 0 amide bonds. The molecule has 1 aliphatic carbocycles. The lowest BCUT2D eigenvalue weighted by atomic mass is 9.85. The van der Waals surface area contributed by atoms with Gasteiger partial charge in [0.05, 0.1) is 13.2 Å². The summed E-state index contributed by atoms with van der Waals surface area (Å²) in [5, 5.41) is 0. The van der Waals surface area contributed by atoms with Crippen LogP contribution in [0.5, 0.6) is 5.75 Å². The maximum Gasteiger partial charge on any atom is 0.573 e. The van der Waals surface area contributed by atoms with Crippen LogP contribution in [0, 0.1) is 29.3 Å². The summed E-state index contributed by atoms with van der Waals surface area (Å²) in [5.74, 6) is -4.82. The molecule has 3 nitrogen and oxygen atoms in total. The molecule has 35 heavy (non-hydrogen) atoms. The van der Waals surface area contributed by atoms with Crippen LogP contribution in [-0.4, -0.2) is 25.9 Å². The molecule has 0 spiro atoms. The highest BCUT2D eigenvalue weighted by atomic mass is 19.4. The van der Waals surface area contributed by atoms with Crippen LogP contribution in [0.2, 0.25) is 0 Å². The quantitative estimate of drug-likeness (QED) is 0.382. The summed E-state index contributed by atoms with van der Waals surface area (Å²) >= 11 is 0. The standard InChI is InChI=1S/C26H26F6O3/c1-2-3-15-13-33-25(34-14-15)17-6-4-16(5-7-17)18-8-9-20(21(27)10-18)19-11-22(28)24(23(29)12-19)35-26(30,31)32/h4,8-12,15,17,25H,2-3,5-7,13-14H2,1H3. The number of benzene rings is 2. The number of rotatable bonds is 6. The zero-order chi connectivity index (χ0) is 25.2. The fraction of sp³-hybridized carbons (Fsp3) is 0.462. The highest BCUT2D eigenvalue weighted by Crippen LogP contribution is 2.37. The van der Waals surface area contributed by atoms with E-state index in [9.17, 15) is 26.3 Å². The third-order valence-electron chi connectivity index (χ3n) is 6.39. The van der Waals surface area contributed by atoms with Gasteiger partial charge >= 0.3 is 6.36 Å². The van der Waals surface area contributed by atoms with Crippen LogP contribution in [0.25, 0.3) is 16.7 Å². The fourth-order valence-corrected chi connectivity index (χ4v) is 4.65. The van der Waals surface area contributed by atoms with Crippen molar-refractivity contribution in [2.75, 3.05) is 13.2 Å². The van der Waals surface area contributed by atoms with Gasteiger partial charge in [-0.05, 0) is 60.6 Å². The molecule has 190 valence electrons. The summed E-state index contributed by atoms with van der Waals surface area (Å²) in [7, 11) is 0. The molecule has 0 aromatic heterocycles. The highest BCUT2D eigenvalue weighted by molar-refractivity contribution is 5.72. The van der Waals surface area contributed by atoms with E-state index >= 15 is 0 Å². The molecule has 0 saturated carbocycles. The molecule has 2 aromatic carbocycles. The van der Waals surface area contributed by atoms with Crippen molar-refractivity contribution >= 4 is 5.57 Å². The average Bonchev–Trinajstić information content (AvgIpc) is 2.81. The van der Waals surface area contributed by atoms with Crippen molar-refractivity contribution in [3.63, 3.8) is 0 Å². The van der Waals surface area contributed by atoms with Crippen molar-refractivity contribution in [2.45, 2.75) is 51.7 Å². The first-order valence-electron chi connectivity index (χ1n) is 11.6. The van der Waals surface area contributed by atoms with Gasteiger partial charge in [0.15, 0.2) is 17.9 Å². The summed E-state index contributed by atoms with van der Waals surface area (Å²) in [6.07, 6.45) is 0.925. The Labute approximate surface area is 199 Å². The molecule has 0 N–H and O–H groups in total. The van der Waals surface area contributed by atoms with Crippen LogP contribution in [0.1, 0.15) is 44.6 Å². The van der Waals surface area contributed by atoms with Crippen LogP contribution in [0.15, 0.2) is 36.4 Å². The molecule has 4 rings (SSSR count). The lowest BCUT2D eigenvalue weighted by Gasteiger charge is -2.35. The zero-order valence-corrected chi connectivity index (χ0v) is 19.1. The van der Waals surface area contributed by atoms with Crippen molar-refractivity contribution in [2.24, 2.45) is 11.8 Å². The number of allylic oxidation sites excluding steroid dienone is 2. The van der Waals surface area contributed by atoms with Crippen LogP contribution >= 0.6 is 0 Å². The summed E-state index contributed by atoms with van der Waals surface area (Å²) in [4.78, 5) is 0. The second-order valence-corrected chi connectivity index (χ2v) is 8.97. The van der Waals surface area contributed by atoms with E-state index < -0.39 is 29.6 Å². The van der Waals surface area contributed by atoms with Gasteiger partial charge in [-0.25, -0.2) is 13.2 Å². The monoisotopic (exact) mass is 500 g/mol. The van der Waals surface area contributed by atoms with Gasteiger partial charge in [0.1, 0.15) is 5.82 Å². The molecule has 1 atom stereocenters. The van der Waals surface area contributed by atoms with Crippen molar-refractivity contribution < 1.29 is 40.6 Å². The van der Waals surface area contributed by atoms with Gasteiger partial charge < -0.3 is 14.2 Å². The topological polar surface area (TPSA) is 27.7 Å². The first-order chi connectivity index (χ1) is 16.6. The van der Waals surface area contributed by atoms with Gasteiger partial charge in [0.2, 0.25) is 5.75 Å². The fourth-order valence-electron chi connectivity index (χ4n) is 4.65. The Morgan fingerprint density at radius 3 is 2.14 bits per heavy atom. The molecule has 2 aromatic rings. The summed E-state index contributed by atoms with van der Waals surface area (Å²) in [6, 6.07) is 5.48. The number of hydrogen-bond donors (Lipinski definition) is 0. The SMILES string of the molecule is CCCC1COC(C2CC=C(c3ccc(-c4cc(F)c(OC(F)(F)F)c(F)c4)c(F)c3)CC2)OC1. The Morgan fingerprint density at radius 2 is 1.60 bits per heavy atom. The third-order valence-corrected chi connectivity index (χ3v) is 6.39. The molecule has 1 aliphatic heterocycles. The average molecular weight is 500 g/mol. The molecule has 0 radical (unpaired) electrons. The zero-order valence-electron chi connectivity index (χ0n) is 19.1. The van der Waals surface area contributed by atoms with Gasteiger partial charge in [-0.2, -0.15) is 0 Å². The van der Waals surface area contributed by atoms with E-state index in [-0.39, 0.29) is 23.3 Å². The van der Waals surface area contributed by atoms with Crippen molar-refractivity contribution in [3.8, 4) is 16.9 Å². The van der Waals surface area contributed by atoms with Gasteiger partial charge in [0, 0.05) is 17.4 Å². The number of ether oxygens (including phenoxy) is 3. The Hall–Kier alpha value is -2.52. The smallest absolute Gasteiger partial charge is 0.399 e. The number of hydrogen-bond acceptors (Lipinski definition) is 3. The van der Waals surface area contributed by atoms with Crippen molar-refractivity contribution in [3.05, 3.63) is 59.4 Å². The Morgan fingerprint density at radius 1 is 0.943 bits per heavy atom. The minimum atomic E-state index is -5.25. The first kappa shape index (κ1) is 25.6. The number of halogens is 6. The van der Waals surface area contributed by atoms with E-state index in [1.54, 1.807) is 6.07 Å². The summed E-state index contributed by atoms with van der Waals surface area (Å²) < 4.78 is 95.3. The Balaban J connectivity index is 1.45. The van der Waals surface area contributed by atoms with E-state index in [1.807, 2.05) is 6.08 Å². The maximum absolute atomic E-state index is 14.9. The van der Waals surface area contributed by atoms with E-state index in [4.69, 9.17) is 9.47 Å². The van der Waals surface area contributed by atoms with Crippen LogP contribution in [0.3, 0.4) is 0 Å². The van der Waals surface area contributed by atoms with E-state index in [0.29, 0.717) is 43.2 Å². The first-order valence-corrected chi connectivity index (χ1v) is 11.6. The van der Waals surface area contributed by atoms with Gasteiger partial charge in [-0.1, -0.05) is 31.6 Å². The molecule has 1 heterocycles. The Kier molecular flexibility index (Phi) is 7.76. The van der Waals surface area contributed by atoms with Crippen LogP contribution < -0.4 is 4.74 Å². The molecule has 1 unspecified atom stereocenters. The minimum Gasteiger partial charge on any atom is -0.399 e. The molecule has 2 aliphatic rings. The van der Waals surface area contributed by atoms with Crippen molar-refractivity contribution in [1.82, 2.24) is 0 Å². The van der Waals surface area contributed by atoms with Crippen LogP contribution in [-0.2, 0) is 9.47 Å². The van der Waals surface area contributed by atoms with E-state index in [0.717, 1.165) is 31.3 Å². The largest absolute Gasteiger partial charge is 0.573 e. The third kappa shape index (κ3) is 6.19. The molecule has 1 saturated heterocycles. The highest BCUT2D eigenvalue weighted by Gasteiger charge is 2.34. The second-order valence-electron chi connectivity index (χ2n) is 8.97. The molecular weight excluding hydrogens is 474 g/mol.